The van der Waals surface area contributed by atoms with Crippen LogP contribution in [0.15, 0.2) is 65.9 Å². The molecule has 1 aromatic carbocycles. The molecule has 4 aromatic heterocycles. The summed E-state index contributed by atoms with van der Waals surface area (Å²) in [7, 11) is 0. The first-order chi connectivity index (χ1) is 15.7. The minimum Gasteiger partial charge on any atom is -0.294 e. The monoisotopic (exact) mass is 501 g/mol. The van der Waals surface area contributed by atoms with Gasteiger partial charge in [0, 0.05) is 53.5 Å². The molecule has 11 heteroatoms. The Balaban J connectivity index is 1.46. The Kier molecular flexibility index (Phi) is 6.33. The number of nitrogens with zero attached hydrogens (tertiary/aromatic N) is 7. The Morgan fingerprint density at radius 1 is 0.781 bits per heavy atom. The van der Waals surface area contributed by atoms with Gasteiger partial charge >= 0.3 is 0 Å². The number of hydrogen-bond donors (Lipinski definition) is 0. The fourth-order valence-electron chi connectivity index (χ4n) is 3.52. The number of benzene rings is 1. The highest BCUT2D eigenvalue weighted by atomic mass is 35.5. The maximum Gasteiger partial charge on any atom is 0.216 e. The van der Waals surface area contributed by atoms with Gasteiger partial charge in [-0.3, -0.25) is 14.0 Å². The first-order valence-electron chi connectivity index (χ1n) is 9.69. The van der Waals surface area contributed by atoms with E-state index in [1.807, 2.05) is 36.7 Å². The second-order valence-corrected chi connectivity index (χ2v) is 9.53. The van der Waals surface area contributed by atoms with Crippen molar-refractivity contribution in [3.63, 3.8) is 0 Å². The van der Waals surface area contributed by atoms with Gasteiger partial charge in [-0.05, 0) is 42.0 Å². The van der Waals surface area contributed by atoms with Crippen LogP contribution in [0.2, 0.25) is 10.0 Å². The molecule has 0 N–H and O–H groups in total. The largest absolute Gasteiger partial charge is 0.294 e. The Labute approximate surface area is 202 Å². The van der Waals surface area contributed by atoms with Gasteiger partial charge < -0.3 is 0 Å². The molecule has 0 amide bonds. The van der Waals surface area contributed by atoms with Crippen LogP contribution < -0.4 is 0 Å². The van der Waals surface area contributed by atoms with Gasteiger partial charge in [-0.25, -0.2) is 0 Å². The summed E-state index contributed by atoms with van der Waals surface area (Å²) in [5, 5.41) is 19.3. The molecule has 0 aliphatic carbocycles. The maximum atomic E-state index is 6.51. The quantitative estimate of drug-likeness (QED) is 0.281. The van der Waals surface area contributed by atoms with Gasteiger partial charge in [0.05, 0.1) is 0 Å². The lowest BCUT2D eigenvalue weighted by Gasteiger charge is -2.24. The lowest BCUT2D eigenvalue weighted by Crippen LogP contribution is -2.25. The Bertz CT molecular complexity index is 1220. The molecular formula is C21H17Cl2N7S2. The van der Waals surface area contributed by atoms with Gasteiger partial charge in [0.1, 0.15) is 11.0 Å². The smallest absolute Gasteiger partial charge is 0.216 e. The molecule has 0 spiro atoms. The molecule has 7 nitrogen and oxygen atoms in total. The van der Waals surface area contributed by atoms with E-state index in [1.165, 1.54) is 22.7 Å². The predicted octanol–water partition coefficient (Wildman–Crippen LogP) is 5.48. The van der Waals surface area contributed by atoms with Crippen molar-refractivity contribution in [2.75, 3.05) is 0 Å². The predicted molar refractivity (Wildman–Crippen MR) is 128 cm³/mol. The normalized spacial score (nSPS) is 11.5. The molecule has 0 atom stereocenters. The van der Waals surface area contributed by atoms with E-state index >= 15 is 0 Å². The highest BCUT2D eigenvalue weighted by Gasteiger charge is 2.17. The molecule has 0 aliphatic rings. The van der Waals surface area contributed by atoms with Crippen molar-refractivity contribution in [3.05, 3.63) is 92.9 Å². The molecule has 5 aromatic rings. The van der Waals surface area contributed by atoms with Gasteiger partial charge in [-0.1, -0.05) is 51.9 Å². The molecule has 0 saturated heterocycles. The van der Waals surface area contributed by atoms with E-state index in [4.69, 9.17) is 23.2 Å². The third-order valence-electron chi connectivity index (χ3n) is 4.96. The third-order valence-corrected chi connectivity index (χ3v) is 6.92. The molecule has 0 saturated carbocycles. The van der Waals surface area contributed by atoms with E-state index < -0.39 is 0 Å². The van der Waals surface area contributed by atoms with Crippen LogP contribution in [0.25, 0.3) is 10.3 Å². The summed E-state index contributed by atoms with van der Waals surface area (Å²) < 4.78 is 4.13. The average Bonchev–Trinajstić information content (AvgIpc) is 3.57. The van der Waals surface area contributed by atoms with Crippen molar-refractivity contribution >= 4 is 45.9 Å². The fourth-order valence-corrected chi connectivity index (χ4v) is 5.14. The lowest BCUT2D eigenvalue weighted by atomic mass is 10.2. The molecule has 0 radical (unpaired) electrons. The summed E-state index contributed by atoms with van der Waals surface area (Å²) >= 11 is 15.6. The van der Waals surface area contributed by atoms with Crippen molar-refractivity contribution in [2.45, 2.75) is 19.6 Å². The summed E-state index contributed by atoms with van der Waals surface area (Å²) in [6.07, 6.45) is 4.01. The SMILES string of the molecule is Clc1ccc(CN(Cc2cccn2-c2nncs2)Cc2cccn2-c2nncs2)c(Cl)c1. The molecule has 0 bridgehead atoms. The van der Waals surface area contributed by atoms with E-state index in [1.54, 1.807) is 17.1 Å². The Morgan fingerprint density at radius 2 is 1.38 bits per heavy atom. The third kappa shape index (κ3) is 4.62. The van der Waals surface area contributed by atoms with Gasteiger partial charge in [0.15, 0.2) is 0 Å². The molecule has 0 unspecified atom stereocenters. The van der Waals surface area contributed by atoms with Crippen molar-refractivity contribution in [1.29, 1.82) is 0 Å². The molecule has 32 heavy (non-hydrogen) atoms. The summed E-state index contributed by atoms with van der Waals surface area (Å²) in [5.74, 6) is 0. The van der Waals surface area contributed by atoms with Crippen LogP contribution in [0.3, 0.4) is 0 Å². The van der Waals surface area contributed by atoms with Gasteiger partial charge in [0.2, 0.25) is 10.3 Å². The molecule has 162 valence electrons. The zero-order chi connectivity index (χ0) is 21.9. The summed E-state index contributed by atoms with van der Waals surface area (Å²) in [5.41, 5.74) is 6.71. The van der Waals surface area contributed by atoms with E-state index in [2.05, 4.69) is 46.6 Å². The van der Waals surface area contributed by atoms with Crippen molar-refractivity contribution in [2.24, 2.45) is 0 Å². The van der Waals surface area contributed by atoms with Gasteiger partial charge in [-0.15, -0.1) is 20.4 Å². The van der Waals surface area contributed by atoms with Crippen LogP contribution in [0, 0.1) is 0 Å². The van der Waals surface area contributed by atoms with Gasteiger partial charge in [-0.2, -0.15) is 0 Å². The van der Waals surface area contributed by atoms with Crippen LogP contribution in [-0.4, -0.2) is 34.4 Å². The zero-order valence-electron chi connectivity index (χ0n) is 16.7. The van der Waals surface area contributed by atoms with E-state index in [0.29, 0.717) is 29.7 Å². The van der Waals surface area contributed by atoms with Crippen LogP contribution >= 0.6 is 45.9 Å². The summed E-state index contributed by atoms with van der Waals surface area (Å²) in [6.45, 7) is 2.03. The van der Waals surface area contributed by atoms with E-state index in [-0.39, 0.29) is 0 Å². The topological polar surface area (TPSA) is 64.7 Å². The highest BCUT2D eigenvalue weighted by Crippen LogP contribution is 2.25. The van der Waals surface area contributed by atoms with E-state index in [9.17, 15) is 0 Å². The second-order valence-electron chi connectivity index (χ2n) is 7.06. The Morgan fingerprint density at radius 3 is 1.88 bits per heavy atom. The second kappa shape index (κ2) is 9.51. The first-order valence-corrected chi connectivity index (χ1v) is 12.2. The standard InChI is InChI=1S/C21H17Cl2N7S2/c22-16-6-5-15(19(23)9-16)10-28(11-17-3-1-7-29(17)20-26-24-13-31-20)12-18-4-2-8-30(18)21-27-25-14-32-21/h1-9,13-14H,10-12H2. The number of hydrogen-bond acceptors (Lipinski definition) is 7. The van der Waals surface area contributed by atoms with Crippen molar-refractivity contribution in [1.82, 2.24) is 34.4 Å². The van der Waals surface area contributed by atoms with Crippen molar-refractivity contribution < 1.29 is 0 Å². The summed E-state index contributed by atoms with van der Waals surface area (Å²) in [6, 6.07) is 13.9. The maximum absolute atomic E-state index is 6.51. The van der Waals surface area contributed by atoms with Gasteiger partial charge in [0.25, 0.3) is 0 Å². The highest BCUT2D eigenvalue weighted by molar-refractivity contribution is 7.12. The minimum atomic E-state index is 0.626. The molecule has 0 fully saturated rings. The summed E-state index contributed by atoms with van der Waals surface area (Å²) in [4.78, 5) is 2.33. The van der Waals surface area contributed by atoms with Crippen LogP contribution in [0.5, 0.6) is 0 Å². The molecule has 5 rings (SSSR count). The lowest BCUT2D eigenvalue weighted by molar-refractivity contribution is 0.239. The molecular weight excluding hydrogens is 485 g/mol. The minimum absolute atomic E-state index is 0.626. The van der Waals surface area contributed by atoms with Crippen molar-refractivity contribution in [3.8, 4) is 10.3 Å². The molecule has 4 heterocycles. The van der Waals surface area contributed by atoms with Crippen LogP contribution in [0.4, 0.5) is 0 Å². The average molecular weight is 502 g/mol. The first kappa shape index (κ1) is 21.3. The number of halogens is 2. The number of rotatable bonds is 8. The molecule has 0 aliphatic heterocycles. The number of aromatic nitrogens is 6. The zero-order valence-corrected chi connectivity index (χ0v) is 19.8. The van der Waals surface area contributed by atoms with Crippen LogP contribution in [-0.2, 0) is 19.6 Å². The van der Waals surface area contributed by atoms with E-state index in [0.717, 1.165) is 27.2 Å². The Hall–Kier alpha value is -2.56. The fraction of sp³-hybridized carbons (Fsp3) is 0.143. The van der Waals surface area contributed by atoms with Crippen LogP contribution in [0.1, 0.15) is 17.0 Å².